The SMILES string of the molecule is O=C(NCC=Cc1cc(Cl)cc(F)c1Cl)OCc1ccccc1. The lowest BCUT2D eigenvalue weighted by atomic mass is 10.2. The number of hydrogen-bond donors (Lipinski definition) is 1. The minimum atomic E-state index is -0.589. The Balaban J connectivity index is 1.79. The van der Waals surface area contributed by atoms with Crippen LogP contribution < -0.4 is 5.32 Å². The van der Waals surface area contributed by atoms with Crippen molar-refractivity contribution in [2.45, 2.75) is 6.61 Å². The normalized spacial score (nSPS) is 10.7. The van der Waals surface area contributed by atoms with Gasteiger partial charge in [-0.3, -0.25) is 0 Å². The van der Waals surface area contributed by atoms with Crippen LogP contribution in [0.4, 0.5) is 9.18 Å². The van der Waals surface area contributed by atoms with Gasteiger partial charge >= 0.3 is 6.09 Å². The number of amides is 1. The van der Waals surface area contributed by atoms with E-state index in [-0.39, 0.29) is 23.2 Å². The number of nitrogens with one attached hydrogen (secondary N) is 1. The molecule has 0 aliphatic rings. The molecule has 120 valence electrons. The molecule has 2 aromatic rings. The van der Waals surface area contributed by atoms with Gasteiger partial charge in [-0.2, -0.15) is 0 Å². The fraction of sp³-hybridized carbons (Fsp3) is 0.118. The zero-order chi connectivity index (χ0) is 16.7. The highest BCUT2D eigenvalue weighted by Gasteiger charge is 2.06. The van der Waals surface area contributed by atoms with Gasteiger partial charge in [-0.05, 0) is 23.3 Å². The van der Waals surface area contributed by atoms with Gasteiger partial charge in [0.2, 0.25) is 0 Å². The van der Waals surface area contributed by atoms with E-state index >= 15 is 0 Å². The molecule has 3 nitrogen and oxygen atoms in total. The Hall–Kier alpha value is -2.04. The Kier molecular flexibility index (Phi) is 6.44. The number of alkyl carbamates (subject to hydrolysis) is 1. The van der Waals surface area contributed by atoms with Crippen LogP contribution in [-0.4, -0.2) is 12.6 Å². The topological polar surface area (TPSA) is 38.3 Å². The standard InChI is InChI=1S/C17H14Cl2FNO2/c18-14-9-13(16(19)15(20)10-14)7-4-8-21-17(22)23-11-12-5-2-1-3-6-12/h1-7,9-10H,8,11H2,(H,21,22). The Morgan fingerprint density at radius 2 is 1.96 bits per heavy atom. The largest absolute Gasteiger partial charge is 0.445 e. The molecule has 0 aliphatic carbocycles. The predicted molar refractivity (Wildman–Crippen MR) is 90.1 cm³/mol. The van der Waals surface area contributed by atoms with Gasteiger partial charge < -0.3 is 10.1 Å². The molecule has 0 aliphatic heterocycles. The van der Waals surface area contributed by atoms with Crippen LogP contribution in [0.15, 0.2) is 48.5 Å². The minimum Gasteiger partial charge on any atom is -0.445 e. The van der Waals surface area contributed by atoms with E-state index in [0.29, 0.717) is 5.56 Å². The van der Waals surface area contributed by atoms with Gasteiger partial charge in [-0.25, -0.2) is 9.18 Å². The fourth-order valence-corrected chi connectivity index (χ4v) is 2.18. The van der Waals surface area contributed by atoms with Crippen molar-refractivity contribution in [3.63, 3.8) is 0 Å². The summed E-state index contributed by atoms with van der Waals surface area (Å²) < 4.78 is 18.5. The second-order valence-corrected chi connectivity index (χ2v) is 5.45. The average molecular weight is 354 g/mol. The maximum absolute atomic E-state index is 13.4. The summed E-state index contributed by atoms with van der Waals surface area (Å²) in [5.74, 6) is -0.589. The molecule has 0 saturated heterocycles. The van der Waals surface area contributed by atoms with Crippen LogP contribution in [0.25, 0.3) is 6.08 Å². The van der Waals surface area contributed by atoms with Crippen LogP contribution in [0.3, 0.4) is 0 Å². The lowest BCUT2D eigenvalue weighted by Gasteiger charge is -2.05. The van der Waals surface area contributed by atoms with Gasteiger partial charge in [-0.15, -0.1) is 0 Å². The number of hydrogen-bond acceptors (Lipinski definition) is 2. The van der Waals surface area contributed by atoms with Gasteiger partial charge in [0.1, 0.15) is 12.4 Å². The maximum Gasteiger partial charge on any atom is 0.407 e. The highest BCUT2D eigenvalue weighted by Crippen LogP contribution is 2.25. The molecule has 23 heavy (non-hydrogen) atoms. The van der Waals surface area contributed by atoms with E-state index in [4.69, 9.17) is 27.9 Å². The third kappa shape index (κ3) is 5.58. The van der Waals surface area contributed by atoms with Crippen molar-refractivity contribution in [1.82, 2.24) is 5.32 Å². The van der Waals surface area contributed by atoms with Crippen LogP contribution in [0.5, 0.6) is 0 Å². The molecule has 6 heteroatoms. The van der Waals surface area contributed by atoms with E-state index in [9.17, 15) is 9.18 Å². The van der Waals surface area contributed by atoms with Crippen molar-refractivity contribution in [1.29, 1.82) is 0 Å². The highest BCUT2D eigenvalue weighted by molar-refractivity contribution is 6.34. The summed E-state index contributed by atoms with van der Waals surface area (Å²) in [7, 11) is 0. The third-order valence-corrected chi connectivity index (χ3v) is 3.51. The Bertz CT molecular complexity index is 705. The lowest BCUT2D eigenvalue weighted by Crippen LogP contribution is -2.24. The lowest BCUT2D eigenvalue weighted by molar-refractivity contribution is 0.141. The molecule has 2 aromatic carbocycles. The molecule has 0 aromatic heterocycles. The van der Waals surface area contributed by atoms with Crippen LogP contribution in [0.1, 0.15) is 11.1 Å². The summed E-state index contributed by atoms with van der Waals surface area (Å²) in [6, 6.07) is 12.0. The summed E-state index contributed by atoms with van der Waals surface area (Å²) in [6.07, 6.45) is 2.66. The summed E-state index contributed by atoms with van der Waals surface area (Å²) in [5, 5.41) is 2.79. The van der Waals surface area contributed by atoms with Crippen molar-refractivity contribution in [2.75, 3.05) is 6.54 Å². The fourth-order valence-electron chi connectivity index (χ4n) is 1.80. The maximum atomic E-state index is 13.4. The Morgan fingerprint density at radius 3 is 2.70 bits per heavy atom. The molecule has 0 spiro atoms. The van der Waals surface area contributed by atoms with Crippen LogP contribution in [0, 0.1) is 5.82 Å². The van der Waals surface area contributed by atoms with Gasteiger partial charge in [-0.1, -0.05) is 65.7 Å². The van der Waals surface area contributed by atoms with Crippen LogP contribution in [0.2, 0.25) is 10.0 Å². The quantitative estimate of drug-likeness (QED) is 0.761. The molecule has 0 atom stereocenters. The highest BCUT2D eigenvalue weighted by atomic mass is 35.5. The molecule has 2 rings (SSSR count). The van der Waals surface area contributed by atoms with E-state index in [1.165, 1.54) is 6.07 Å². The Labute approximate surface area is 143 Å². The van der Waals surface area contributed by atoms with Gasteiger partial charge in [0.15, 0.2) is 0 Å². The van der Waals surface area contributed by atoms with E-state index in [1.54, 1.807) is 12.2 Å². The molecule has 0 unspecified atom stereocenters. The van der Waals surface area contributed by atoms with E-state index in [1.807, 2.05) is 30.3 Å². The second kappa shape index (κ2) is 8.56. The molecule has 0 radical (unpaired) electrons. The first-order chi connectivity index (χ1) is 11.1. The van der Waals surface area contributed by atoms with Gasteiger partial charge in [0.25, 0.3) is 0 Å². The van der Waals surface area contributed by atoms with Crippen LogP contribution >= 0.6 is 23.2 Å². The van der Waals surface area contributed by atoms with Crippen molar-refractivity contribution < 1.29 is 13.9 Å². The van der Waals surface area contributed by atoms with Crippen molar-refractivity contribution >= 4 is 35.4 Å². The van der Waals surface area contributed by atoms with E-state index in [0.717, 1.165) is 11.6 Å². The van der Waals surface area contributed by atoms with E-state index < -0.39 is 11.9 Å². The molecular formula is C17H14Cl2FNO2. The van der Waals surface area contributed by atoms with Gasteiger partial charge in [0, 0.05) is 11.6 Å². The number of carbonyl (C=O) groups excluding carboxylic acids is 1. The first kappa shape index (κ1) is 17.3. The number of benzene rings is 2. The van der Waals surface area contributed by atoms with Crippen molar-refractivity contribution in [2.24, 2.45) is 0 Å². The molecule has 0 bridgehead atoms. The molecule has 1 amide bonds. The molecular weight excluding hydrogens is 340 g/mol. The molecule has 0 heterocycles. The first-order valence-electron chi connectivity index (χ1n) is 6.82. The molecule has 0 saturated carbocycles. The zero-order valence-corrected chi connectivity index (χ0v) is 13.6. The zero-order valence-electron chi connectivity index (χ0n) is 12.1. The van der Waals surface area contributed by atoms with Crippen molar-refractivity contribution in [3.05, 3.63) is 75.5 Å². The monoisotopic (exact) mass is 353 g/mol. The third-order valence-electron chi connectivity index (χ3n) is 2.90. The summed E-state index contributed by atoms with van der Waals surface area (Å²) in [6.45, 7) is 0.416. The van der Waals surface area contributed by atoms with Crippen molar-refractivity contribution in [3.8, 4) is 0 Å². The number of halogens is 3. The summed E-state index contributed by atoms with van der Waals surface area (Å²) in [5.41, 5.74) is 1.34. The summed E-state index contributed by atoms with van der Waals surface area (Å²) in [4.78, 5) is 11.5. The molecule has 1 N–H and O–H groups in total. The first-order valence-corrected chi connectivity index (χ1v) is 7.57. The van der Waals surface area contributed by atoms with Gasteiger partial charge in [0.05, 0.1) is 5.02 Å². The smallest absolute Gasteiger partial charge is 0.407 e. The van der Waals surface area contributed by atoms with Crippen LogP contribution in [-0.2, 0) is 11.3 Å². The summed E-state index contributed by atoms with van der Waals surface area (Å²) >= 11 is 11.6. The number of rotatable bonds is 5. The number of carbonyl (C=O) groups is 1. The Morgan fingerprint density at radius 1 is 1.22 bits per heavy atom. The second-order valence-electron chi connectivity index (χ2n) is 4.64. The predicted octanol–water partition coefficient (Wildman–Crippen LogP) is 5.07. The number of ether oxygens (including phenoxy) is 1. The average Bonchev–Trinajstić information content (AvgIpc) is 2.54. The minimum absolute atomic E-state index is 0.0164. The van der Waals surface area contributed by atoms with E-state index in [2.05, 4.69) is 5.32 Å². The molecule has 0 fully saturated rings.